The number of hydrogen-bond acceptors (Lipinski definition) is 5. The normalized spacial score (nSPS) is 12.8. The number of carbonyl (C=O) groups is 3. The topological polar surface area (TPSA) is 108 Å². The van der Waals surface area contributed by atoms with Crippen LogP contribution in [0.2, 0.25) is 0 Å². The van der Waals surface area contributed by atoms with Crippen molar-refractivity contribution in [3.05, 3.63) is 54.6 Å². The molecule has 3 N–H and O–H groups in total. The predicted molar refractivity (Wildman–Crippen MR) is 129 cm³/mol. The maximum atomic E-state index is 13.4. The van der Waals surface area contributed by atoms with Crippen molar-refractivity contribution in [2.24, 2.45) is 0 Å². The number of benzene rings is 1. The van der Waals surface area contributed by atoms with Gasteiger partial charge in [0, 0.05) is 13.1 Å². The number of carbonyl (C=O) groups excluding carboxylic acids is 3. The standard InChI is InChI=1S/C25H37N3O5/c1-7-10-14-26-22(30)21(19-13-11-12-18(9-3)16-19)28(15-8-2)23(31)20(17-29)27-24(32)33-25(4,5)6/h8-9,11-13,16,20-21,29H,2-3,7,10,14-15,17H2,1,4-6H3,(H,26,30)(H,27,32). The van der Waals surface area contributed by atoms with Crippen molar-refractivity contribution in [1.29, 1.82) is 0 Å². The van der Waals surface area contributed by atoms with Crippen molar-refractivity contribution >= 4 is 24.0 Å². The molecule has 0 spiro atoms. The fourth-order valence-electron chi connectivity index (χ4n) is 3.11. The largest absolute Gasteiger partial charge is 0.444 e. The fraction of sp³-hybridized carbons (Fsp3) is 0.480. The minimum atomic E-state index is -1.30. The molecule has 8 nitrogen and oxygen atoms in total. The zero-order valence-electron chi connectivity index (χ0n) is 20.1. The Labute approximate surface area is 196 Å². The number of rotatable bonds is 12. The number of nitrogens with one attached hydrogen (secondary N) is 2. The van der Waals surface area contributed by atoms with Gasteiger partial charge in [-0.05, 0) is 44.4 Å². The van der Waals surface area contributed by atoms with Gasteiger partial charge in [-0.25, -0.2) is 4.79 Å². The molecule has 3 amide bonds. The van der Waals surface area contributed by atoms with Crippen molar-refractivity contribution in [2.75, 3.05) is 19.7 Å². The molecule has 0 saturated heterocycles. The number of aliphatic hydroxyl groups is 1. The van der Waals surface area contributed by atoms with Gasteiger partial charge in [0.25, 0.3) is 0 Å². The summed E-state index contributed by atoms with van der Waals surface area (Å²) in [5, 5.41) is 15.1. The van der Waals surface area contributed by atoms with Crippen molar-refractivity contribution in [3.8, 4) is 0 Å². The van der Waals surface area contributed by atoms with Crippen LogP contribution in [0.15, 0.2) is 43.5 Å². The second-order valence-corrected chi connectivity index (χ2v) is 8.58. The molecular formula is C25H37N3O5. The third-order valence-electron chi connectivity index (χ3n) is 4.63. The van der Waals surface area contributed by atoms with E-state index in [0.29, 0.717) is 12.1 Å². The van der Waals surface area contributed by atoms with Crippen LogP contribution in [0, 0.1) is 0 Å². The van der Waals surface area contributed by atoms with Crippen LogP contribution in [0.25, 0.3) is 6.08 Å². The van der Waals surface area contributed by atoms with E-state index in [1.54, 1.807) is 45.0 Å². The summed E-state index contributed by atoms with van der Waals surface area (Å²) >= 11 is 0. The van der Waals surface area contributed by atoms with Crippen LogP contribution in [-0.4, -0.2) is 59.3 Å². The molecule has 0 aliphatic rings. The van der Waals surface area contributed by atoms with Crippen LogP contribution in [0.3, 0.4) is 0 Å². The highest BCUT2D eigenvalue weighted by molar-refractivity contribution is 5.92. The van der Waals surface area contributed by atoms with E-state index in [1.807, 2.05) is 13.0 Å². The second-order valence-electron chi connectivity index (χ2n) is 8.58. The summed E-state index contributed by atoms with van der Waals surface area (Å²) in [4.78, 5) is 40.1. The molecule has 182 valence electrons. The average Bonchev–Trinajstić information content (AvgIpc) is 2.75. The number of amides is 3. The molecule has 33 heavy (non-hydrogen) atoms. The molecule has 0 bridgehead atoms. The van der Waals surface area contributed by atoms with Gasteiger partial charge in [0.2, 0.25) is 11.8 Å². The summed E-state index contributed by atoms with van der Waals surface area (Å²) in [6.07, 6.45) is 3.99. The first-order chi connectivity index (χ1) is 15.6. The highest BCUT2D eigenvalue weighted by Gasteiger charge is 2.35. The molecule has 2 atom stereocenters. The Morgan fingerprint density at radius 2 is 1.94 bits per heavy atom. The maximum Gasteiger partial charge on any atom is 0.408 e. The summed E-state index contributed by atoms with van der Waals surface area (Å²) in [7, 11) is 0. The summed E-state index contributed by atoms with van der Waals surface area (Å²) in [6, 6.07) is 4.83. The molecule has 0 heterocycles. The Morgan fingerprint density at radius 3 is 2.48 bits per heavy atom. The quantitative estimate of drug-likeness (QED) is 0.329. The monoisotopic (exact) mass is 459 g/mol. The number of unbranched alkanes of at least 4 members (excludes halogenated alkanes) is 1. The molecule has 0 radical (unpaired) electrons. The van der Waals surface area contributed by atoms with Crippen LogP contribution in [-0.2, 0) is 14.3 Å². The summed E-state index contributed by atoms with van der Waals surface area (Å²) in [5.74, 6) is -1.00. The van der Waals surface area contributed by atoms with Gasteiger partial charge in [0.15, 0.2) is 0 Å². The third-order valence-corrected chi connectivity index (χ3v) is 4.63. The summed E-state index contributed by atoms with van der Waals surface area (Å²) in [5.41, 5.74) is 0.585. The smallest absolute Gasteiger partial charge is 0.408 e. The maximum absolute atomic E-state index is 13.4. The molecule has 1 aromatic carbocycles. The fourth-order valence-corrected chi connectivity index (χ4v) is 3.11. The molecular weight excluding hydrogens is 422 g/mol. The Hall–Kier alpha value is -3.13. The van der Waals surface area contributed by atoms with Crippen LogP contribution in [0.5, 0.6) is 0 Å². The van der Waals surface area contributed by atoms with E-state index >= 15 is 0 Å². The van der Waals surface area contributed by atoms with Crippen LogP contribution in [0.1, 0.15) is 57.7 Å². The van der Waals surface area contributed by atoms with E-state index in [2.05, 4.69) is 23.8 Å². The first-order valence-corrected chi connectivity index (χ1v) is 11.1. The summed E-state index contributed by atoms with van der Waals surface area (Å²) in [6.45, 7) is 14.4. The number of alkyl carbamates (subject to hydrolysis) is 1. The van der Waals surface area contributed by atoms with Crippen LogP contribution >= 0.6 is 0 Å². The number of nitrogens with zero attached hydrogens (tertiary/aromatic N) is 1. The molecule has 0 saturated carbocycles. The first kappa shape index (κ1) is 27.9. The van der Waals surface area contributed by atoms with Gasteiger partial charge >= 0.3 is 6.09 Å². The zero-order chi connectivity index (χ0) is 25.0. The van der Waals surface area contributed by atoms with E-state index in [-0.39, 0.29) is 12.5 Å². The third kappa shape index (κ3) is 9.10. The molecule has 2 unspecified atom stereocenters. The van der Waals surface area contributed by atoms with E-state index in [0.717, 1.165) is 18.4 Å². The Morgan fingerprint density at radius 1 is 1.24 bits per heavy atom. The van der Waals surface area contributed by atoms with E-state index in [9.17, 15) is 19.5 Å². The molecule has 1 rings (SSSR count). The second kappa shape index (κ2) is 13.4. The van der Waals surface area contributed by atoms with Gasteiger partial charge in [-0.15, -0.1) is 6.58 Å². The van der Waals surface area contributed by atoms with E-state index in [1.165, 1.54) is 11.0 Å². The lowest BCUT2D eigenvalue weighted by molar-refractivity contribution is -0.142. The van der Waals surface area contributed by atoms with Gasteiger partial charge < -0.3 is 25.4 Å². The number of aliphatic hydroxyl groups excluding tert-OH is 1. The number of ether oxygens (including phenoxy) is 1. The SMILES string of the molecule is C=CCN(C(=O)C(CO)NC(=O)OC(C)(C)C)C(C(=O)NCCCC)c1cccc(C=C)c1. The van der Waals surface area contributed by atoms with E-state index in [4.69, 9.17) is 4.74 Å². The Kier molecular flexibility index (Phi) is 11.4. The number of hydrogen-bond donors (Lipinski definition) is 3. The lowest BCUT2D eigenvalue weighted by Gasteiger charge is -2.33. The average molecular weight is 460 g/mol. The van der Waals surface area contributed by atoms with Crippen molar-refractivity contribution in [2.45, 2.75) is 58.2 Å². The lowest BCUT2D eigenvalue weighted by atomic mass is 10.0. The highest BCUT2D eigenvalue weighted by Crippen LogP contribution is 2.24. The predicted octanol–water partition coefficient (Wildman–Crippen LogP) is 3.19. The van der Waals surface area contributed by atoms with Gasteiger partial charge in [0.05, 0.1) is 6.61 Å². The molecule has 0 fully saturated rings. The van der Waals surface area contributed by atoms with E-state index < -0.39 is 36.3 Å². The van der Waals surface area contributed by atoms with Gasteiger partial charge in [-0.3, -0.25) is 9.59 Å². The minimum Gasteiger partial charge on any atom is -0.444 e. The van der Waals surface area contributed by atoms with Gasteiger partial charge in [-0.2, -0.15) is 0 Å². The van der Waals surface area contributed by atoms with Crippen LogP contribution < -0.4 is 10.6 Å². The Bertz CT molecular complexity index is 832. The molecule has 0 aliphatic carbocycles. The van der Waals surface area contributed by atoms with Gasteiger partial charge in [-0.1, -0.05) is 50.3 Å². The zero-order valence-corrected chi connectivity index (χ0v) is 20.1. The molecule has 0 aliphatic heterocycles. The molecule has 1 aromatic rings. The van der Waals surface area contributed by atoms with Crippen molar-refractivity contribution in [3.63, 3.8) is 0 Å². The minimum absolute atomic E-state index is 0.0233. The highest BCUT2D eigenvalue weighted by atomic mass is 16.6. The van der Waals surface area contributed by atoms with Gasteiger partial charge in [0.1, 0.15) is 17.7 Å². The molecule has 0 aromatic heterocycles. The Balaban J connectivity index is 3.33. The van der Waals surface area contributed by atoms with Crippen LogP contribution in [0.4, 0.5) is 4.79 Å². The van der Waals surface area contributed by atoms with Crippen molar-refractivity contribution in [1.82, 2.24) is 15.5 Å². The summed E-state index contributed by atoms with van der Waals surface area (Å²) < 4.78 is 5.21. The molecule has 8 heteroatoms. The lowest BCUT2D eigenvalue weighted by Crippen LogP contribution is -2.54. The van der Waals surface area contributed by atoms with Crippen molar-refractivity contribution < 1.29 is 24.2 Å². The first-order valence-electron chi connectivity index (χ1n) is 11.1.